The summed E-state index contributed by atoms with van der Waals surface area (Å²) >= 11 is 0. The van der Waals surface area contributed by atoms with Crippen molar-refractivity contribution in [2.45, 2.75) is 0 Å². The SMILES string of the molecule is c1ccc(-c2ccc(N(c3ccc(Nc4ccccc4-c4cc5ccccc5c5ccc6ccccc6c45)cc3)c3cccc4c3oc3ccccc34)cc2)cc1. The van der Waals surface area contributed by atoms with Crippen LogP contribution in [0.4, 0.5) is 28.4 Å². The summed E-state index contributed by atoms with van der Waals surface area (Å²) in [5.41, 5.74) is 11.6. The number of benzene rings is 10. The molecule has 0 atom stereocenters. The Bertz CT molecular complexity index is 3250. The van der Waals surface area contributed by atoms with Crippen molar-refractivity contribution in [2.24, 2.45) is 0 Å². The van der Waals surface area contributed by atoms with E-state index in [4.69, 9.17) is 4.42 Å². The molecule has 268 valence electrons. The lowest BCUT2D eigenvalue weighted by Gasteiger charge is -2.26. The van der Waals surface area contributed by atoms with Crippen LogP contribution in [0.5, 0.6) is 0 Å². The van der Waals surface area contributed by atoms with Gasteiger partial charge < -0.3 is 14.6 Å². The van der Waals surface area contributed by atoms with Crippen molar-refractivity contribution in [3.05, 3.63) is 212 Å². The van der Waals surface area contributed by atoms with E-state index in [2.05, 4.69) is 210 Å². The van der Waals surface area contributed by atoms with E-state index < -0.39 is 0 Å². The molecule has 0 saturated heterocycles. The molecule has 1 heterocycles. The summed E-state index contributed by atoms with van der Waals surface area (Å²) in [6.45, 7) is 0. The first kappa shape index (κ1) is 32.8. The number of rotatable bonds is 7. The third-order valence-electron chi connectivity index (χ3n) is 11.2. The van der Waals surface area contributed by atoms with Gasteiger partial charge in [-0.3, -0.25) is 0 Å². The largest absolute Gasteiger partial charge is 0.454 e. The molecule has 0 aliphatic rings. The second-order valence-corrected chi connectivity index (χ2v) is 14.6. The van der Waals surface area contributed by atoms with Crippen molar-refractivity contribution in [1.82, 2.24) is 0 Å². The van der Waals surface area contributed by atoms with Crippen LogP contribution < -0.4 is 10.2 Å². The van der Waals surface area contributed by atoms with Gasteiger partial charge in [-0.1, -0.05) is 152 Å². The van der Waals surface area contributed by atoms with Gasteiger partial charge in [-0.15, -0.1) is 0 Å². The molecule has 3 heteroatoms. The Morgan fingerprint density at radius 1 is 0.386 bits per heavy atom. The predicted octanol–water partition coefficient (Wildman–Crippen LogP) is 15.6. The van der Waals surface area contributed by atoms with Crippen molar-refractivity contribution in [1.29, 1.82) is 0 Å². The van der Waals surface area contributed by atoms with Gasteiger partial charge in [0.2, 0.25) is 0 Å². The first-order valence-corrected chi connectivity index (χ1v) is 19.4. The summed E-state index contributed by atoms with van der Waals surface area (Å²) in [6, 6.07) is 75.7. The van der Waals surface area contributed by atoms with Gasteiger partial charge in [-0.25, -0.2) is 0 Å². The predicted molar refractivity (Wildman–Crippen MR) is 242 cm³/mol. The average Bonchev–Trinajstić information content (AvgIpc) is 3.67. The summed E-state index contributed by atoms with van der Waals surface area (Å²) in [5.74, 6) is 0. The molecule has 0 aliphatic carbocycles. The fraction of sp³-hybridized carbons (Fsp3) is 0. The molecular weight excluding hydrogens is 693 g/mol. The van der Waals surface area contributed by atoms with Crippen molar-refractivity contribution >= 4 is 82.7 Å². The summed E-state index contributed by atoms with van der Waals surface area (Å²) in [6.07, 6.45) is 0. The third-order valence-corrected chi connectivity index (χ3v) is 11.2. The van der Waals surface area contributed by atoms with Crippen molar-refractivity contribution < 1.29 is 4.42 Å². The molecule has 0 aliphatic heterocycles. The Morgan fingerprint density at radius 3 is 1.84 bits per heavy atom. The maximum absolute atomic E-state index is 6.59. The first-order valence-electron chi connectivity index (χ1n) is 19.4. The standard InChI is InChI=1S/C54H36N2O/c1-2-13-36(14-3-1)37-25-30-41(31-26-37)56(51-23-12-21-48-46-20-9-11-24-52(46)57-54(48)51)42-32-28-40(29-33-42)55-50-22-10-8-19-45(50)49-35-39-16-5-6-17-43(39)47-34-27-38-15-4-7-18-44(38)53(47)49/h1-35,55H. The van der Waals surface area contributed by atoms with Crippen LogP contribution >= 0.6 is 0 Å². The highest BCUT2D eigenvalue weighted by molar-refractivity contribution is 6.23. The van der Waals surface area contributed by atoms with E-state index in [1.807, 2.05) is 12.1 Å². The van der Waals surface area contributed by atoms with Crippen molar-refractivity contribution in [3.63, 3.8) is 0 Å². The number of anilines is 5. The van der Waals surface area contributed by atoms with E-state index in [-0.39, 0.29) is 0 Å². The van der Waals surface area contributed by atoms with E-state index in [0.717, 1.165) is 55.9 Å². The maximum atomic E-state index is 6.59. The van der Waals surface area contributed by atoms with Gasteiger partial charge in [0, 0.05) is 39.1 Å². The molecule has 11 aromatic rings. The van der Waals surface area contributed by atoms with Gasteiger partial charge >= 0.3 is 0 Å². The van der Waals surface area contributed by atoms with Crippen LogP contribution in [0.3, 0.4) is 0 Å². The van der Waals surface area contributed by atoms with Crippen LogP contribution in [0.15, 0.2) is 217 Å². The minimum Gasteiger partial charge on any atom is -0.454 e. The highest BCUT2D eigenvalue weighted by Crippen LogP contribution is 2.44. The van der Waals surface area contributed by atoms with E-state index in [9.17, 15) is 0 Å². The molecule has 0 unspecified atom stereocenters. The molecule has 1 N–H and O–H groups in total. The molecule has 0 spiro atoms. The van der Waals surface area contributed by atoms with Gasteiger partial charge in [0.1, 0.15) is 5.58 Å². The molecule has 0 bridgehead atoms. The Balaban J connectivity index is 1.01. The van der Waals surface area contributed by atoms with E-state index in [1.165, 1.54) is 49.0 Å². The first-order chi connectivity index (χ1) is 28.3. The van der Waals surface area contributed by atoms with Gasteiger partial charge in [-0.05, 0) is 110 Å². The Hall–Kier alpha value is -7.62. The molecule has 0 radical (unpaired) electrons. The number of hydrogen-bond donors (Lipinski definition) is 1. The minimum absolute atomic E-state index is 0.858. The smallest absolute Gasteiger partial charge is 0.159 e. The Kier molecular flexibility index (Phi) is 7.82. The molecule has 11 rings (SSSR count). The monoisotopic (exact) mass is 728 g/mol. The van der Waals surface area contributed by atoms with Crippen LogP contribution in [-0.2, 0) is 0 Å². The molecule has 3 nitrogen and oxygen atoms in total. The van der Waals surface area contributed by atoms with E-state index in [1.54, 1.807) is 0 Å². The van der Waals surface area contributed by atoms with Crippen molar-refractivity contribution in [2.75, 3.05) is 10.2 Å². The number of para-hydroxylation sites is 3. The highest BCUT2D eigenvalue weighted by Gasteiger charge is 2.20. The molecule has 1 aromatic heterocycles. The van der Waals surface area contributed by atoms with Crippen LogP contribution in [0, 0.1) is 0 Å². The summed E-state index contributed by atoms with van der Waals surface area (Å²) < 4.78 is 6.59. The number of nitrogens with zero attached hydrogens (tertiary/aromatic N) is 1. The highest BCUT2D eigenvalue weighted by atomic mass is 16.3. The molecular formula is C54H36N2O. The van der Waals surface area contributed by atoms with E-state index >= 15 is 0 Å². The summed E-state index contributed by atoms with van der Waals surface area (Å²) in [4.78, 5) is 2.30. The van der Waals surface area contributed by atoms with Gasteiger partial charge in [0.25, 0.3) is 0 Å². The normalized spacial score (nSPS) is 11.5. The molecule has 0 fully saturated rings. The van der Waals surface area contributed by atoms with Gasteiger partial charge in [0.05, 0.1) is 5.69 Å². The second kappa shape index (κ2) is 13.6. The zero-order valence-electron chi connectivity index (χ0n) is 31.1. The van der Waals surface area contributed by atoms with Crippen LogP contribution in [0.25, 0.3) is 76.5 Å². The fourth-order valence-corrected chi connectivity index (χ4v) is 8.54. The molecule has 0 saturated carbocycles. The van der Waals surface area contributed by atoms with Gasteiger partial charge in [-0.2, -0.15) is 0 Å². The third kappa shape index (κ3) is 5.68. The lowest BCUT2D eigenvalue weighted by molar-refractivity contribution is 0.669. The van der Waals surface area contributed by atoms with E-state index in [0.29, 0.717) is 0 Å². The van der Waals surface area contributed by atoms with Gasteiger partial charge in [0.15, 0.2) is 5.58 Å². The lowest BCUT2D eigenvalue weighted by atomic mass is 9.89. The lowest BCUT2D eigenvalue weighted by Crippen LogP contribution is -2.10. The minimum atomic E-state index is 0.858. The zero-order valence-corrected chi connectivity index (χ0v) is 31.1. The van der Waals surface area contributed by atoms with Crippen LogP contribution in [0.2, 0.25) is 0 Å². The number of fused-ring (bicyclic) bond motifs is 8. The maximum Gasteiger partial charge on any atom is 0.159 e. The molecule has 0 amide bonds. The summed E-state index contributed by atoms with van der Waals surface area (Å²) in [7, 11) is 0. The van der Waals surface area contributed by atoms with Crippen LogP contribution in [-0.4, -0.2) is 0 Å². The number of hydrogen-bond acceptors (Lipinski definition) is 3. The number of nitrogens with one attached hydrogen (secondary N) is 1. The second-order valence-electron chi connectivity index (χ2n) is 14.6. The molecule has 57 heavy (non-hydrogen) atoms. The number of furan rings is 1. The molecule has 10 aromatic carbocycles. The zero-order chi connectivity index (χ0) is 37.7. The fourth-order valence-electron chi connectivity index (χ4n) is 8.54. The Labute approximate surface area is 330 Å². The topological polar surface area (TPSA) is 28.4 Å². The van der Waals surface area contributed by atoms with Crippen molar-refractivity contribution in [3.8, 4) is 22.3 Å². The Morgan fingerprint density at radius 2 is 1.02 bits per heavy atom. The average molecular weight is 729 g/mol. The van der Waals surface area contributed by atoms with Crippen LogP contribution in [0.1, 0.15) is 0 Å². The quantitative estimate of drug-likeness (QED) is 0.166. The summed E-state index contributed by atoms with van der Waals surface area (Å²) in [5, 5.41) is 13.5.